The van der Waals surface area contributed by atoms with Gasteiger partial charge >= 0.3 is 0 Å². The van der Waals surface area contributed by atoms with Crippen molar-refractivity contribution in [3.05, 3.63) is 66.3 Å². The molecule has 0 aliphatic carbocycles. The van der Waals surface area contributed by atoms with Crippen molar-refractivity contribution in [1.82, 2.24) is 22.6 Å². The number of nitrogens with two attached hydrogens (primary N) is 1. The standard InChI is InChI=1S/C23H21IN6O/c1-14-4-3-5-18(28-14)31-17-8-6-15(7-9-17)19-20-22(25)26-13-27-23(20)29(2)21(19)16-10-11-30(24)12-16/h3-10,13H,11-12H2,1-2H3,(H2,25,26,27). The van der Waals surface area contributed by atoms with E-state index in [2.05, 4.69) is 51.6 Å². The third kappa shape index (κ3) is 3.66. The van der Waals surface area contributed by atoms with Gasteiger partial charge in [0.15, 0.2) is 0 Å². The van der Waals surface area contributed by atoms with E-state index in [0.717, 1.165) is 52.4 Å². The van der Waals surface area contributed by atoms with Gasteiger partial charge in [0, 0.05) is 60.3 Å². The molecule has 4 aromatic rings. The van der Waals surface area contributed by atoms with Gasteiger partial charge in [-0.2, -0.15) is 0 Å². The van der Waals surface area contributed by atoms with Crippen LogP contribution in [0.4, 0.5) is 5.82 Å². The predicted molar refractivity (Wildman–Crippen MR) is 131 cm³/mol. The van der Waals surface area contributed by atoms with Crippen molar-refractivity contribution < 1.29 is 4.74 Å². The maximum atomic E-state index is 6.32. The van der Waals surface area contributed by atoms with Crippen molar-refractivity contribution in [3.63, 3.8) is 0 Å². The first-order valence-corrected chi connectivity index (χ1v) is 10.9. The SMILES string of the molecule is Cc1cccc(Oc2ccc(-c3c(C4=CCN(I)C4)n(C)c4ncnc(N)c34)cc2)n1. The molecule has 2 N–H and O–H groups in total. The monoisotopic (exact) mass is 524 g/mol. The molecule has 5 rings (SSSR count). The summed E-state index contributed by atoms with van der Waals surface area (Å²) in [4.78, 5) is 13.2. The summed E-state index contributed by atoms with van der Waals surface area (Å²) in [5, 5.41) is 0.877. The van der Waals surface area contributed by atoms with Crippen molar-refractivity contribution in [3.8, 4) is 22.8 Å². The molecule has 156 valence electrons. The van der Waals surface area contributed by atoms with Crippen LogP contribution in [0.15, 0.2) is 54.9 Å². The van der Waals surface area contributed by atoms with Crippen LogP contribution in [0.5, 0.6) is 11.6 Å². The summed E-state index contributed by atoms with van der Waals surface area (Å²) in [6.07, 6.45) is 3.78. The van der Waals surface area contributed by atoms with Crippen LogP contribution in [0.25, 0.3) is 27.7 Å². The molecule has 1 aromatic carbocycles. The van der Waals surface area contributed by atoms with E-state index >= 15 is 0 Å². The maximum absolute atomic E-state index is 6.32. The number of halogens is 1. The number of fused-ring (bicyclic) bond motifs is 1. The lowest BCUT2D eigenvalue weighted by molar-refractivity contribution is 0.462. The third-order valence-electron chi connectivity index (χ3n) is 5.41. The summed E-state index contributed by atoms with van der Waals surface area (Å²) in [6, 6.07) is 13.7. The Hall–Kier alpha value is -2.98. The molecule has 0 saturated carbocycles. The second-order valence-corrected chi connectivity index (χ2v) is 8.88. The first-order chi connectivity index (χ1) is 15.0. The Kier molecular flexibility index (Phi) is 5.11. The molecule has 0 saturated heterocycles. The number of pyridine rings is 1. The van der Waals surface area contributed by atoms with Crippen molar-refractivity contribution in [2.45, 2.75) is 6.92 Å². The Balaban J connectivity index is 1.61. The average Bonchev–Trinajstić information content (AvgIpc) is 3.30. The van der Waals surface area contributed by atoms with Gasteiger partial charge in [-0.15, -0.1) is 0 Å². The highest BCUT2D eigenvalue weighted by atomic mass is 127. The van der Waals surface area contributed by atoms with Crippen LogP contribution in [0.1, 0.15) is 11.4 Å². The molecule has 4 heterocycles. The number of hydrogen-bond acceptors (Lipinski definition) is 6. The lowest BCUT2D eigenvalue weighted by Gasteiger charge is -2.12. The zero-order valence-electron chi connectivity index (χ0n) is 17.2. The van der Waals surface area contributed by atoms with Crippen LogP contribution in [-0.4, -0.2) is 35.7 Å². The molecule has 1 aliphatic rings. The minimum absolute atomic E-state index is 0.482. The van der Waals surface area contributed by atoms with Crippen LogP contribution >= 0.6 is 22.9 Å². The van der Waals surface area contributed by atoms with Gasteiger partial charge < -0.3 is 15.0 Å². The van der Waals surface area contributed by atoms with Crippen LogP contribution in [-0.2, 0) is 7.05 Å². The van der Waals surface area contributed by atoms with Crippen LogP contribution in [0, 0.1) is 6.92 Å². The second-order valence-electron chi connectivity index (χ2n) is 7.52. The molecule has 7 nitrogen and oxygen atoms in total. The molecule has 0 atom stereocenters. The molecule has 0 fully saturated rings. The first-order valence-electron chi connectivity index (χ1n) is 9.92. The number of nitrogens with zero attached hydrogens (tertiary/aromatic N) is 5. The number of rotatable bonds is 4. The molecule has 0 unspecified atom stereocenters. The topological polar surface area (TPSA) is 82.1 Å². The van der Waals surface area contributed by atoms with Crippen LogP contribution in [0.3, 0.4) is 0 Å². The minimum atomic E-state index is 0.482. The minimum Gasteiger partial charge on any atom is -0.439 e. The van der Waals surface area contributed by atoms with Crippen LogP contribution < -0.4 is 10.5 Å². The van der Waals surface area contributed by atoms with Crippen molar-refractivity contribution in [2.24, 2.45) is 7.05 Å². The van der Waals surface area contributed by atoms with E-state index in [-0.39, 0.29) is 0 Å². The Labute approximate surface area is 194 Å². The molecule has 0 spiro atoms. The third-order valence-corrected chi connectivity index (χ3v) is 6.14. The average molecular weight is 524 g/mol. The summed E-state index contributed by atoms with van der Waals surface area (Å²) in [5.41, 5.74) is 12.5. The Morgan fingerprint density at radius 1 is 1.10 bits per heavy atom. The quantitative estimate of drug-likeness (QED) is 0.306. The van der Waals surface area contributed by atoms with Crippen molar-refractivity contribution in [1.29, 1.82) is 0 Å². The summed E-state index contributed by atoms with van der Waals surface area (Å²) in [7, 11) is 2.03. The second kappa shape index (κ2) is 7.93. The van der Waals surface area contributed by atoms with Gasteiger partial charge in [0.1, 0.15) is 23.5 Å². The van der Waals surface area contributed by atoms with Gasteiger partial charge in [0.2, 0.25) is 5.88 Å². The van der Waals surface area contributed by atoms with E-state index in [1.54, 1.807) is 0 Å². The zero-order valence-corrected chi connectivity index (χ0v) is 19.4. The summed E-state index contributed by atoms with van der Waals surface area (Å²) in [5.74, 6) is 1.79. The molecule has 0 bridgehead atoms. The Bertz CT molecular complexity index is 1310. The highest BCUT2D eigenvalue weighted by Gasteiger charge is 2.25. The number of aromatic nitrogens is 4. The largest absolute Gasteiger partial charge is 0.439 e. The number of benzene rings is 1. The lowest BCUT2D eigenvalue weighted by Crippen LogP contribution is -2.07. The van der Waals surface area contributed by atoms with Gasteiger partial charge in [0.05, 0.1) is 11.1 Å². The van der Waals surface area contributed by atoms with E-state index in [1.165, 1.54) is 11.9 Å². The molecule has 1 aliphatic heterocycles. The summed E-state index contributed by atoms with van der Waals surface area (Å²) < 4.78 is 10.3. The molecule has 3 aromatic heterocycles. The van der Waals surface area contributed by atoms with E-state index in [4.69, 9.17) is 10.5 Å². The van der Waals surface area contributed by atoms with E-state index < -0.39 is 0 Å². The van der Waals surface area contributed by atoms with Crippen molar-refractivity contribution in [2.75, 3.05) is 18.8 Å². The fourth-order valence-electron chi connectivity index (χ4n) is 4.01. The normalized spacial score (nSPS) is 14.2. The predicted octanol–water partition coefficient (Wildman–Crippen LogP) is 4.76. The van der Waals surface area contributed by atoms with E-state index in [9.17, 15) is 0 Å². The molecule has 31 heavy (non-hydrogen) atoms. The van der Waals surface area contributed by atoms with Crippen molar-refractivity contribution >= 4 is 45.3 Å². The molecular weight excluding hydrogens is 503 g/mol. The van der Waals surface area contributed by atoms with Gasteiger partial charge in [-0.25, -0.2) is 18.1 Å². The Morgan fingerprint density at radius 2 is 1.90 bits per heavy atom. The highest BCUT2D eigenvalue weighted by molar-refractivity contribution is 14.1. The maximum Gasteiger partial charge on any atom is 0.219 e. The van der Waals surface area contributed by atoms with Gasteiger partial charge in [-0.3, -0.25) is 0 Å². The van der Waals surface area contributed by atoms with E-state index in [0.29, 0.717) is 11.7 Å². The number of nitrogen functional groups attached to an aromatic ring is 1. The fraction of sp³-hybridized carbons (Fsp3) is 0.174. The molecule has 0 amide bonds. The van der Waals surface area contributed by atoms with Crippen LogP contribution in [0.2, 0.25) is 0 Å². The number of hydrogen-bond donors (Lipinski definition) is 1. The molecule has 8 heteroatoms. The van der Waals surface area contributed by atoms with Gasteiger partial charge in [-0.1, -0.05) is 24.3 Å². The number of anilines is 1. The number of aryl methyl sites for hydroxylation is 2. The first kappa shape index (κ1) is 20.0. The number of ether oxygens (including phenoxy) is 1. The zero-order chi connectivity index (χ0) is 21.5. The lowest BCUT2D eigenvalue weighted by atomic mass is 9.99. The highest BCUT2D eigenvalue weighted by Crippen LogP contribution is 2.41. The molecule has 0 radical (unpaired) electrons. The van der Waals surface area contributed by atoms with Gasteiger partial charge in [0.25, 0.3) is 0 Å². The Morgan fingerprint density at radius 3 is 2.61 bits per heavy atom. The smallest absolute Gasteiger partial charge is 0.219 e. The van der Waals surface area contributed by atoms with Gasteiger partial charge in [-0.05, 0) is 36.3 Å². The summed E-state index contributed by atoms with van der Waals surface area (Å²) >= 11 is 2.35. The fourth-order valence-corrected chi connectivity index (χ4v) is 4.58. The summed E-state index contributed by atoms with van der Waals surface area (Å²) in [6.45, 7) is 3.72. The molecular formula is C23H21IN6O. The van der Waals surface area contributed by atoms with E-state index in [1.807, 2.05) is 56.4 Å².